The molecule has 36 heavy (non-hydrogen) atoms. The Bertz CT molecular complexity index is 1800. The molecule has 5 nitrogen and oxygen atoms in total. The highest BCUT2D eigenvalue weighted by atomic mass is 32.2. The van der Waals surface area contributed by atoms with Gasteiger partial charge in [-0.05, 0) is 34.5 Å². The molecule has 6 rings (SSSR count). The molecule has 0 unspecified atom stereocenters. The van der Waals surface area contributed by atoms with Gasteiger partial charge in [0.1, 0.15) is 17.2 Å². The van der Waals surface area contributed by atoms with E-state index in [1.54, 1.807) is 10.6 Å². The van der Waals surface area contributed by atoms with Gasteiger partial charge >= 0.3 is 5.63 Å². The molecule has 0 fully saturated rings. The minimum absolute atomic E-state index is 0.130. The van der Waals surface area contributed by atoms with Crippen molar-refractivity contribution in [2.75, 3.05) is 0 Å². The predicted octanol–water partition coefficient (Wildman–Crippen LogP) is 6.76. The van der Waals surface area contributed by atoms with Crippen molar-refractivity contribution < 1.29 is 13.2 Å². The lowest BCUT2D eigenvalue weighted by atomic mass is 10.0. The molecule has 0 spiro atoms. The highest BCUT2D eigenvalue weighted by molar-refractivity contribution is 7.98. The standard InChI is InChI=1S/C28H17F2N3O2S/c29-20-11-12-23(22(30)15-20)33-27(18-7-2-1-3-8-18)31-32-28(33)36-16-19-14-25(34)35-24-13-10-17-6-4-5-9-21(17)26(19)24/h1-15H,16H2. The number of aromatic nitrogens is 3. The third-order valence-corrected chi connectivity index (χ3v) is 6.87. The second kappa shape index (κ2) is 9.05. The van der Waals surface area contributed by atoms with Crippen molar-refractivity contribution in [3.8, 4) is 17.1 Å². The summed E-state index contributed by atoms with van der Waals surface area (Å²) >= 11 is 1.30. The van der Waals surface area contributed by atoms with Crippen LogP contribution in [0.2, 0.25) is 0 Å². The molecule has 0 amide bonds. The molecule has 4 aromatic carbocycles. The first-order chi connectivity index (χ1) is 17.6. The van der Waals surface area contributed by atoms with Crippen molar-refractivity contribution in [2.45, 2.75) is 10.9 Å². The molecule has 0 saturated heterocycles. The van der Waals surface area contributed by atoms with E-state index in [-0.39, 0.29) is 5.69 Å². The summed E-state index contributed by atoms with van der Waals surface area (Å²) in [5.41, 5.74) is 1.67. The summed E-state index contributed by atoms with van der Waals surface area (Å²) < 4.78 is 35.6. The second-order valence-electron chi connectivity index (χ2n) is 8.14. The number of fused-ring (bicyclic) bond motifs is 3. The summed E-state index contributed by atoms with van der Waals surface area (Å²) in [7, 11) is 0. The first-order valence-electron chi connectivity index (χ1n) is 11.1. The Morgan fingerprint density at radius 1 is 0.861 bits per heavy atom. The van der Waals surface area contributed by atoms with Crippen LogP contribution in [-0.2, 0) is 5.75 Å². The van der Waals surface area contributed by atoms with E-state index in [1.165, 1.54) is 30.0 Å². The fraction of sp³-hybridized carbons (Fsp3) is 0.0357. The molecule has 0 bridgehead atoms. The van der Waals surface area contributed by atoms with Gasteiger partial charge in [-0.15, -0.1) is 10.2 Å². The Kier molecular flexibility index (Phi) is 5.58. The van der Waals surface area contributed by atoms with E-state index >= 15 is 0 Å². The van der Waals surface area contributed by atoms with Crippen LogP contribution in [0.25, 0.3) is 38.8 Å². The van der Waals surface area contributed by atoms with E-state index < -0.39 is 17.3 Å². The van der Waals surface area contributed by atoms with Crippen molar-refractivity contribution in [3.05, 3.63) is 119 Å². The van der Waals surface area contributed by atoms with E-state index in [0.29, 0.717) is 22.3 Å². The average molecular weight is 498 g/mol. The number of rotatable bonds is 5. The minimum atomic E-state index is -0.731. The summed E-state index contributed by atoms with van der Waals surface area (Å²) in [6, 6.07) is 25.7. The summed E-state index contributed by atoms with van der Waals surface area (Å²) in [4.78, 5) is 12.3. The lowest BCUT2D eigenvalue weighted by molar-refractivity contribution is 0.560. The molecule has 6 aromatic rings. The van der Waals surface area contributed by atoms with Crippen molar-refractivity contribution in [2.24, 2.45) is 0 Å². The average Bonchev–Trinajstić information content (AvgIpc) is 3.31. The van der Waals surface area contributed by atoms with Gasteiger partial charge in [-0.25, -0.2) is 13.6 Å². The lowest BCUT2D eigenvalue weighted by Gasteiger charge is -2.12. The zero-order chi connectivity index (χ0) is 24.6. The van der Waals surface area contributed by atoms with E-state index in [0.717, 1.165) is 33.4 Å². The Hall–Kier alpha value is -4.30. The number of benzene rings is 4. The number of hydrogen-bond acceptors (Lipinski definition) is 5. The Morgan fingerprint density at radius 2 is 1.67 bits per heavy atom. The lowest BCUT2D eigenvalue weighted by Crippen LogP contribution is -2.04. The van der Waals surface area contributed by atoms with Crippen molar-refractivity contribution in [1.82, 2.24) is 14.8 Å². The Morgan fingerprint density at radius 3 is 2.50 bits per heavy atom. The predicted molar refractivity (Wildman–Crippen MR) is 136 cm³/mol. The molecule has 0 aliphatic heterocycles. The van der Waals surface area contributed by atoms with Crippen LogP contribution in [-0.4, -0.2) is 14.8 Å². The van der Waals surface area contributed by atoms with E-state index in [2.05, 4.69) is 10.2 Å². The molecule has 176 valence electrons. The summed E-state index contributed by atoms with van der Waals surface area (Å²) in [5, 5.41) is 11.9. The zero-order valence-electron chi connectivity index (χ0n) is 18.7. The van der Waals surface area contributed by atoms with Crippen LogP contribution in [0.5, 0.6) is 0 Å². The minimum Gasteiger partial charge on any atom is -0.423 e. The van der Waals surface area contributed by atoms with Crippen LogP contribution in [0.4, 0.5) is 8.78 Å². The molecular formula is C28H17F2N3O2S. The molecule has 0 atom stereocenters. The van der Waals surface area contributed by atoms with Gasteiger partial charge in [0.2, 0.25) is 0 Å². The maximum atomic E-state index is 14.9. The van der Waals surface area contributed by atoms with Crippen LogP contribution in [0, 0.1) is 11.6 Å². The van der Waals surface area contributed by atoms with Gasteiger partial charge in [0.25, 0.3) is 0 Å². The monoisotopic (exact) mass is 497 g/mol. The van der Waals surface area contributed by atoms with Gasteiger partial charge in [0.15, 0.2) is 11.0 Å². The zero-order valence-corrected chi connectivity index (χ0v) is 19.5. The van der Waals surface area contributed by atoms with Gasteiger partial charge in [-0.3, -0.25) is 4.57 Å². The molecule has 0 aliphatic rings. The largest absolute Gasteiger partial charge is 0.423 e. The Labute approximate surface area is 208 Å². The third kappa shape index (κ3) is 3.95. The highest BCUT2D eigenvalue weighted by Crippen LogP contribution is 2.34. The van der Waals surface area contributed by atoms with Crippen LogP contribution in [0.15, 0.2) is 105 Å². The van der Waals surface area contributed by atoms with Crippen molar-refractivity contribution in [3.63, 3.8) is 0 Å². The first-order valence-corrected chi connectivity index (χ1v) is 12.1. The van der Waals surface area contributed by atoms with E-state index in [9.17, 15) is 13.6 Å². The van der Waals surface area contributed by atoms with Crippen LogP contribution < -0.4 is 5.63 Å². The van der Waals surface area contributed by atoms with Gasteiger partial charge in [-0.2, -0.15) is 0 Å². The smallest absolute Gasteiger partial charge is 0.336 e. The molecule has 0 aliphatic carbocycles. The molecule has 0 saturated carbocycles. The summed E-state index contributed by atoms with van der Waals surface area (Å²) in [5.74, 6) is -0.627. The van der Waals surface area contributed by atoms with Crippen LogP contribution >= 0.6 is 11.8 Å². The summed E-state index contributed by atoms with van der Waals surface area (Å²) in [6.45, 7) is 0. The van der Waals surface area contributed by atoms with Crippen molar-refractivity contribution in [1.29, 1.82) is 0 Å². The normalized spacial score (nSPS) is 11.4. The quantitative estimate of drug-likeness (QED) is 0.150. The maximum absolute atomic E-state index is 14.9. The SMILES string of the molecule is O=c1cc(CSc2nnc(-c3ccccc3)n2-c2ccc(F)cc2F)c2c(ccc3ccccc32)o1. The molecule has 0 radical (unpaired) electrons. The van der Waals surface area contributed by atoms with Gasteiger partial charge in [0, 0.05) is 28.8 Å². The highest BCUT2D eigenvalue weighted by Gasteiger charge is 2.20. The van der Waals surface area contributed by atoms with Crippen molar-refractivity contribution >= 4 is 33.5 Å². The van der Waals surface area contributed by atoms with Crippen LogP contribution in [0.1, 0.15) is 5.56 Å². The molecule has 0 N–H and O–H groups in total. The third-order valence-electron chi connectivity index (χ3n) is 5.89. The number of nitrogens with zero attached hydrogens (tertiary/aromatic N) is 3. The van der Waals surface area contributed by atoms with Gasteiger partial charge in [0.05, 0.1) is 5.69 Å². The van der Waals surface area contributed by atoms with Crippen LogP contribution in [0.3, 0.4) is 0 Å². The summed E-state index contributed by atoms with van der Waals surface area (Å²) in [6.07, 6.45) is 0. The fourth-order valence-electron chi connectivity index (χ4n) is 4.29. The topological polar surface area (TPSA) is 60.9 Å². The molecule has 2 aromatic heterocycles. The Balaban J connectivity index is 1.48. The van der Waals surface area contributed by atoms with E-state index in [1.807, 2.05) is 60.7 Å². The second-order valence-corrected chi connectivity index (χ2v) is 9.09. The number of halogens is 2. The molecule has 8 heteroatoms. The first kappa shape index (κ1) is 22.2. The maximum Gasteiger partial charge on any atom is 0.336 e. The fourth-order valence-corrected chi connectivity index (χ4v) is 5.22. The molecular weight excluding hydrogens is 480 g/mol. The number of hydrogen-bond donors (Lipinski definition) is 0. The van der Waals surface area contributed by atoms with Gasteiger partial charge in [-0.1, -0.05) is 72.4 Å². The number of thioether (sulfide) groups is 1. The molecule has 2 heterocycles. The van der Waals surface area contributed by atoms with Gasteiger partial charge < -0.3 is 4.42 Å². The van der Waals surface area contributed by atoms with E-state index in [4.69, 9.17) is 4.42 Å².